The van der Waals surface area contributed by atoms with Crippen molar-refractivity contribution < 1.29 is 14.3 Å². The Kier molecular flexibility index (Phi) is 5.13. The van der Waals surface area contributed by atoms with Gasteiger partial charge in [-0.25, -0.2) is 4.79 Å². The number of carbonyl (C=O) groups is 2. The first kappa shape index (κ1) is 15.6. The Hall–Kier alpha value is -2.83. The van der Waals surface area contributed by atoms with Crippen molar-refractivity contribution >= 4 is 23.4 Å². The molecule has 0 radical (unpaired) electrons. The fourth-order valence-electron chi connectivity index (χ4n) is 1.87. The molecule has 7 nitrogen and oxygen atoms in total. The molecule has 116 valence electrons. The molecule has 22 heavy (non-hydrogen) atoms. The summed E-state index contributed by atoms with van der Waals surface area (Å²) in [7, 11) is 1.29. The van der Waals surface area contributed by atoms with Crippen LogP contribution >= 0.6 is 0 Å². The van der Waals surface area contributed by atoms with Gasteiger partial charge in [-0.3, -0.25) is 14.8 Å². The number of benzene rings is 1. The van der Waals surface area contributed by atoms with Crippen molar-refractivity contribution in [2.45, 2.75) is 19.9 Å². The van der Waals surface area contributed by atoms with Gasteiger partial charge in [0.1, 0.15) is 0 Å². The van der Waals surface area contributed by atoms with Crippen molar-refractivity contribution in [3.63, 3.8) is 0 Å². The Bertz CT molecular complexity index is 666. The molecular weight excluding hydrogens is 284 g/mol. The second kappa shape index (κ2) is 7.26. The molecule has 1 aromatic carbocycles. The monoisotopic (exact) mass is 302 g/mol. The molecule has 1 aromatic heterocycles. The minimum atomic E-state index is -0.558. The third kappa shape index (κ3) is 4.62. The SMILES string of the molecule is COC(=O)Nc1cccc(NC(=O)CCn2cc(C)cn2)c1. The molecule has 0 aliphatic heterocycles. The van der Waals surface area contributed by atoms with E-state index in [0.29, 0.717) is 24.3 Å². The topological polar surface area (TPSA) is 85.3 Å². The van der Waals surface area contributed by atoms with E-state index in [2.05, 4.69) is 20.5 Å². The molecule has 1 heterocycles. The molecule has 0 aliphatic rings. The summed E-state index contributed by atoms with van der Waals surface area (Å²) in [6.45, 7) is 2.46. The van der Waals surface area contributed by atoms with Crippen LogP contribution in [-0.4, -0.2) is 28.9 Å². The summed E-state index contributed by atoms with van der Waals surface area (Å²) in [4.78, 5) is 23.1. The van der Waals surface area contributed by atoms with Gasteiger partial charge in [0.2, 0.25) is 5.91 Å². The number of carbonyl (C=O) groups excluding carboxylic acids is 2. The minimum Gasteiger partial charge on any atom is -0.453 e. The van der Waals surface area contributed by atoms with Crippen LogP contribution in [0.3, 0.4) is 0 Å². The smallest absolute Gasteiger partial charge is 0.411 e. The van der Waals surface area contributed by atoms with Crippen LogP contribution in [0, 0.1) is 6.92 Å². The van der Waals surface area contributed by atoms with E-state index in [1.807, 2.05) is 13.1 Å². The third-order valence-electron chi connectivity index (χ3n) is 2.91. The maximum Gasteiger partial charge on any atom is 0.411 e. The van der Waals surface area contributed by atoms with Crippen LogP contribution in [-0.2, 0) is 16.1 Å². The number of nitrogens with one attached hydrogen (secondary N) is 2. The molecule has 2 N–H and O–H groups in total. The van der Waals surface area contributed by atoms with E-state index in [9.17, 15) is 9.59 Å². The lowest BCUT2D eigenvalue weighted by atomic mass is 10.2. The van der Waals surface area contributed by atoms with E-state index in [1.54, 1.807) is 35.1 Å². The van der Waals surface area contributed by atoms with E-state index in [0.717, 1.165) is 5.56 Å². The summed E-state index contributed by atoms with van der Waals surface area (Å²) in [5, 5.41) is 9.44. The normalized spacial score (nSPS) is 10.1. The number of rotatable bonds is 5. The number of nitrogens with zero attached hydrogens (tertiary/aromatic N) is 2. The average molecular weight is 302 g/mol. The lowest BCUT2D eigenvalue weighted by molar-refractivity contribution is -0.116. The van der Waals surface area contributed by atoms with E-state index in [4.69, 9.17) is 0 Å². The lowest BCUT2D eigenvalue weighted by Crippen LogP contribution is -2.15. The van der Waals surface area contributed by atoms with Crippen LogP contribution in [0.1, 0.15) is 12.0 Å². The Morgan fingerprint density at radius 2 is 2.00 bits per heavy atom. The van der Waals surface area contributed by atoms with Crippen molar-refractivity contribution in [3.8, 4) is 0 Å². The number of amides is 2. The van der Waals surface area contributed by atoms with E-state index >= 15 is 0 Å². The van der Waals surface area contributed by atoms with Gasteiger partial charge in [-0.2, -0.15) is 5.10 Å². The zero-order valence-corrected chi connectivity index (χ0v) is 12.5. The molecule has 0 unspecified atom stereocenters. The molecule has 7 heteroatoms. The second-order valence-electron chi connectivity index (χ2n) is 4.78. The summed E-state index contributed by atoms with van der Waals surface area (Å²) >= 11 is 0. The molecule has 0 bridgehead atoms. The highest BCUT2D eigenvalue weighted by Gasteiger charge is 2.05. The van der Waals surface area contributed by atoms with Gasteiger partial charge in [0.05, 0.1) is 13.3 Å². The summed E-state index contributed by atoms with van der Waals surface area (Å²) in [6.07, 6.45) is 3.39. The summed E-state index contributed by atoms with van der Waals surface area (Å²) < 4.78 is 6.24. The average Bonchev–Trinajstić information content (AvgIpc) is 2.91. The first-order chi connectivity index (χ1) is 10.6. The first-order valence-electron chi connectivity index (χ1n) is 6.81. The molecule has 2 amide bonds. The number of hydrogen-bond donors (Lipinski definition) is 2. The van der Waals surface area contributed by atoms with Gasteiger partial charge >= 0.3 is 6.09 Å². The van der Waals surface area contributed by atoms with Crippen LogP contribution in [0.2, 0.25) is 0 Å². The maximum absolute atomic E-state index is 11.9. The molecular formula is C15H18N4O3. The van der Waals surface area contributed by atoms with Gasteiger partial charge in [0.25, 0.3) is 0 Å². The number of anilines is 2. The molecule has 0 fully saturated rings. The summed E-state index contributed by atoms with van der Waals surface area (Å²) in [5.74, 6) is -0.122. The summed E-state index contributed by atoms with van der Waals surface area (Å²) in [6, 6.07) is 6.85. The molecule has 2 aromatic rings. The largest absolute Gasteiger partial charge is 0.453 e. The second-order valence-corrected chi connectivity index (χ2v) is 4.78. The van der Waals surface area contributed by atoms with Crippen molar-refractivity contribution in [1.29, 1.82) is 0 Å². The number of ether oxygens (including phenoxy) is 1. The number of hydrogen-bond acceptors (Lipinski definition) is 4. The molecule has 0 atom stereocenters. The Morgan fingerprint density at radius 1 is 1.27 bits per heavy atom. The Morgan fingerprint density at radius 3 is 2.64 bits per heavy atom. The van der Waals surface area contributed by atoms with E-state index in [1.165, 1.54) is 7.11 Å². The Labute approximate surface area is 128 Å². The van der Waals surface area contributed by atoms with Crippen molar-refractivity contribution in [3.05, 3.63) is 42.2 Å². The van der Waals surface area contributed by atoms with Gasteiger partial charge in [-0.1, -0.05) is 6.07 Å². The molecule has 0 saturated carbocycles. The minimum absolute atomic E-state index is 0.122. The van der Waals surface area contributed by atoms with E-state index < -0.39 is 6.09 Å². The standard InChI is InChI=1S/C15H18N4O3/c1-11-9-16-19(10-11)7-6-14(20)17-12-4-3-5-13(8-12)18-15(21)22-2/h3-5,8-10H,6-7H2,1-2H3,(H,17,20)(H,18,21). The quantitative estimate of drug-likeness (QED) is 0.888. The van der Waals surface area contributed by atoms with Crippen LogP contribution < -0.4 is 10.6 Å². The molecule has 0 aliphatic carbocycles. The number of aromatic nitrogens is 2. The van der Waals surface area contributed by atoms with Gasteiger partial charge in [0, 0.05) is 30.5 Å². The van der Waals surface area contributed by atoms with Crippen molar-refractivity contribution in [2.75, 3.05) is 17.7 Å². The van der Waals surface area contributed by atoms with Gasteiger partial charge in [-0.15, -0.1) is 0 Å². The predicted octanol–water partition coefficient (Wildman–Crippen LogP) is 2.40. The fourth-order valence-corrected chi connectivity index (χ4v) is 1.87. The van der Waals surface area contributed by atoms with Crippen molar-refractivity contribution in [2.24, 2.45) is 0 Å². The zero-order chi connectivity index (χ0) is 15.9. The fraction of sp³-hybridized carbons (Fsp3) is 0.267. The lowest BCUT2D eigenvalue weighted by Gasteiger charge is -2.08. The first-order valence-corrected chi connectivity index (χ1v) is 6.81. The van der Waals surface area contributed by atoms with Gasteiger partial charge in [-0.05, 0) is 30.7 Å². The predicted molar refractivity (Wildman–Crippen MR) is 82.7 cm³/mol. The Balaban J connectivity index is 1.88. The summed E-state index contributed by atoms with van der Waals surface area (Å²) in [5.41, 5.74) is 2.21. The molecule has 2 rings (SSSR count). The third-order valence-corrected chi connectivity index (χ3v) is 2.91. The molecule has 0 saturated heterocycles. The van der Waals surface area contributed by atoms with E-state index in [-0.39, 0.29) is 5.91 Å². The van der Waals surface area contributed by atoms with Crippen molar-refractivity contribution in [1.82, 2.24) is 9.78 Å². The maximum atomic E-state index is 11.9. The number of aryl methyl sites for hydroxylation is 2. The number of methoxy groups -OCH3 is 1. The van der Waals surface area contributed by atoms with Crippen LogP contribution in [0.15, 0.2) is 36.7 Å². The highest BCUT2D eigenvalue weighted by molar-refractivity contribution is 5.92. The highest BCUT2D eigenvalue weighted by atomic mass is 16.5. The van der Waals surface area contributed by atoms with Crippen LogP contribution in [0.25, 0.3) is 0 Å². The molecule has 0 spiro atoms. The van der Waals surface area contributed by atoms with Crippen LogP contribution in [0.5, 0.6) is 0 Å². The highest BCUT2D eigenvalue weighted by Crippen LogP contribution is 2.15. The zero-order valence-electron chi connectivity index (χ0n) is 12.5. The van der Waals surface area contributed by atoms with Gasteiger partial charge in [0.15, 0.2) is 0 Å². The van der Waals surface area contributed by atoms with Crippen LogP contribution in [0.4, 0.5) is 16.2 Å². The van der Waals surface area contributed by atoms with Gasteiger partial charge < -0.3 is 10.1 Å².